The van der Waals surface area contributed by atoms with Crippen molar-refractivity contribution in [3.63, 3.8) is 0 Å². The first-order chi connectivity index (χ1) is 11.8. The summed E-state index contributed by atoms with van der Waals surface area (Å²) >= 11 is 5.95. The van der Waals surface area contributed by atoms with Gasteiger partial charge in [-0.15, -0.1) is 0 Å². The molecular formula is C20H23ClN2O2. The second kappa shape index (κ2) is 8.17. The van der Waals surface area contributed by atoms with Gasteiger partial charge in [0.1, 0.15) is 5.41 Å². The molecule has 0 aliphatic carbocycles. The molecule has 0 fully saturated rings. The van der Waals surface area contributed by atoms with E-state index in [0.29, 0.717) is 23.7 Å². The Bertz CT molecular complexity index is 755. The van der Waals surface area contributed by atoms with Gasteiger partial charge in [-0.05, 0) is 57.0 Å². The molecule has 2 aromatic carbocycles. The molecule has 0 saturated carbocycles. The lowest BCUT2D eigenvalue weighted by Gasteiger charge is -2.22. The first kappa shape index (κ1) is 19.0. The maximum atomic E-state index is 12.4. The number of rotatable bonds is 6. The molecule has 0 radical (unpaired) electrons. The molecule has 0 atom stereocenters. The molecule has 2 amide bonds. The zero-order valence-corrected chi connectivity index (χ0v) is 15.5. The Balaban J connectivity index is 1.89. The molecule has 0 unspecified atom stereocenters. The van der Waals surface area contributed by atoms with Crippen molar-refractivity contribution in [1.29, 1.82) is 0 Å². The van der Waals surface area contributed by atoms with Gasteiger partial charge >= 0.3 is 0 Å². The van der Waals surface area contributed by atoms with E-state index in [1.807, 2.05) is 55.5 Å². The number of carbonyl (C=O) groups excluding carboxylic acids is 2. The normalized spacial score (nSPS) is 11.0. The van der Waals surface area contributed by atoms with Crippen LogP contribution in [0.3, 0.4) is 0 Å². The molecular weight excluding hydrogens is 336 g/mol. The Morgan fingerprint density at radius 3 is 2.36 bits per heavy atom. The predicted molar refractivity (Wildman–Crippen MR) is 102 cm³/mol. The molecule has 5 heteroatoms. The highest BCUT2D eigenvalue weighted by Gasteiger charge is 2.35. The number of hydrogen-bond donors (Lipinski definition) is 2. The fraction of sp³-hybridized carbons (Fsp3) is 0.300. The molecule has 2 rings (SSSR count). The van der Waals surface area contributed by atoms with Gasteiger partial charge in [-0.3, -0.25) is 9.59 Å². The molecule has 4 nitrogen and oxygen atoms in total. The minimum Gasteiger partial charge on any atom is -0.355 e. The number of amides is 2. The second-order valence-corrected chi connectivity index (χ2v) is 7.02. The van der Waals surface area contributed by atoms with Crippen LogP contribution in [0.2, 0.25) is 5.02 Å². The highest BCUT2D eigenvalue weighted by molar-refractivity contribution is 6.30. The van der Waals surface area contributed by atoms with E-state index in [9.17, 15) is 9.59 Å². The van der Waals surface area contributed by atoms with Gasteiger partial charge in [-0.2, -0.15) is 0 Å². The Hall–Kier alpha value is -2.33. The van der Waals surface area contributed by atoms with Crippen LogP contribution >= 0.6 is 11.6 Å². The summed E-state index contributed by atoms with van der Waals surface area (Å²) in [4.78, 5) is 24.9. The smallest absolute Gasteiger partial charge is 0.239 e. The third kappa shape index (κ3) is 5.33. The van der Waals surface area contributed by atoms with Gasteiger partial charge < -0.3 is 10.6 Å². The zero-order chi connectivity index (χ0) is 18.4. The van der Waals surface area contributed by atoms with Crippen LogP contribution in [0, 0.1) is 12.3 Å². The summed E-state index contributed by atoms with van der Waals surface area (Å²) in [7, 11) is 0. The van der Waals surface area contributed by atoms with Crippen LogP contribution in [0.4, 0.5) is 5.69 Å². The van der Waals surface area contributed by atoms with Crippen molar-refractivity contribution in [3.8, 4) is 0 Å². The maximum Gasteiger partial charge on any atom is 0.239 e. The molecule has 0 spiro atoms. The van der Waals surface area contributed by atoms with E-state index in [-0.39, 0.29) is 11.8 Å². The van der Waals surface area contributed by atoms with Crippen molar-refractivity contribution in [2.24, 2.45) is 5.41 Å². The molecule has 0 aromatic heterocycles. The van der Waals surface area contributed by atoms with Crippen LogP contribution in [0.5, 0.6) is 0 Å². The zero-order valence-electron chi connectivity index (χ0n) is 14.7. The van der Waals surface area contributed by atoms with E-state index < -0.39 is 5.41 Å². The van der Waals surface area contributed by atoms with Crippen LogP contribution < -0.4 is 10.6 Å². The van der Waals surface area contributed by atoms with Crippen LogP contribution in [-0.2, 0) is 16.0 Å². The SMILES string of the molecule is Cc1ccc(NC(=O)C(C)(C)C(=O)NCCc2cccc(Cl)c2)cc1. The number of benzene rings is 2. The lowest BCUT2D eigenvalue weighted by Crippen LogP contribution is -2.45. The Morgan fingerprint density at radius 1 is 1.04 bits per heavy atom. The Morgan fingerprint density at radius 2 is 1.72 bits per heavy atom. The third-order valence-electron chi connectivity index (χ3n) is 4.03. The van der Waals surface area contributed by atoms with Crippen molar-refractivity contribution >= 4 is 29.1 Å². The van der Waals surface area contributed by atoms with Gasteiger partial charge in [0.25, 0.3) is 0 Å². The summed E-state index contributed by atoms with van der Waals surface area (Å²) in [5, 5.41) is 6.28. The summed E-state index contributed by atoms with van der Waals surface area (Å²) in [6, 6.07) is 15.0. The van der Waals surface area contributed by atoms with Gasteiger partial charge in [0.05, 0.1) is 0 Å². The minimum absolute atomic E-state index is 0.306. The van der Waals surface area contributed by atoms with E-state index >= 15 is 0 Å². The number of halogens is 1. The molecule has 2 aromatic rings. The van der Waals surface area contributed by atoms with Crippen LogP contribution in [0.1, 0.15) is 25.0 Å². The van der Waals surface area contributed by atoms with Crippen molar-refractivity contribution in [1.82, 2.24) is 5.32 Å². The highest BCUT2D eigenvalue weighted by Crippen LogP contribution is 2.19. The van der Waals surface area contributed by atoms with Gasteiger partial charge in [-0.25, -0.2) is 0 Å². The van der Waals surface area contributed by atoms with Crippen LogP contribution in [0.15, 0.2) is 48.5 Å². The van der Waals surface area contributed by atoms with E-state index in [2.05, 4.69) is 10.6 Å². The lowest BCUT2D eigenvalue weighted by molar-refractivity contribution is -0.138. The fourth-order valence-electron chi connectivity index (χ4n) is 2.26. The molecule has 0 aliphatic heterocycles. The molecule has 0 aliphatic rings. The van der Waals surface area contributed by atoms with E-state index in [1.54, 1.807) is 13.8 Å². The number of nitrogens with one attached hydrogen (secondary N) is 2. The van der Waals surface area contributed by atoms with Crippen molar-refractivity contribution in [3.05, 3.63) is 64.7 Å². The monoisotopic (exact) mass is 358 g/mol. The van der Waals surface area contributed by atoms with Crippen LogP contribution in [-0.4, -0.2) is 18.4 Å². The van der Waals surface area contributed by atoms with E-state index in [0.717, 1.165) is 11.1 Å². The minimum atomic E-state index is -1.17. The second-order valence-electron chi connectivity index (χ2n) is 6.58. The fourth-order valence-corrected chi connectivity index (χ4v) is 2.47. The molecule has 132 valence electrons. The first-order valence-corrected chi connectivity index (χ1v) is 8.58. The van der Waals surface area contributed by atoms with Gasteiger partial charge in [-0.1, -0.05) is 41.4 Å². The molecule has 2 N–H and O–H groups in total. The Kier molecular flexibility index (Phi) is 6.21. The topological polar surface area (TPSA) is 58.2 Å². The van der Waals surface area contributed by atoms with Gasteiger partial charge in [0.15, 0.2) is 0 Å². The Labute approximate surface area is 153 Å². The molecule has 25 heavy (non-hydrogen) atoms. The van der Waals surface area contributed by atoms with E-state index in [4.69, 9.17) is 11.6 Å². The van der Waals surface area contributed by atoms with E-state index in [1.165, 1.54) is 0 Å². The lowest BCUT2D eigenvalue weighted by atomic mass is 9.90. The summed E-state index contributed by atoms with van der Waals surface area (Å²) in [5.41, 5.74) is 1.65. The quantitative estimate of drug-likeness (QED) is 0.767. The molecule has 0 heterocycles. The standard InChI is InChI=1S/C20H23ClN2O2/c1-14-7-9-17(10-8-14)23-19(25)20(2,3)18(24)22-12-11-15-5-4-6-16(21)13-15/h4-10,13H,11-12H2,1-3H3,(H,22,24)(H,23,25). The van der Waals surface area contributed by atoms with Crippen molar-refractivity contribution < 1.29 is 9.59 Å². The average molecular weight is 359 g/mol. The highest BCUT2D eigenvalue weighted by atomic mass is 35.5. The number of anilines is 1. The summed E-state index contributed by atoms with van der Waals surface area (Å²) in [5.74, 6) is -0.643. The molecule has 0 bridgehead atoms. The average Bonchev–Trinajstić information content (AvgIpc) is 2.56. The third-order valence-corrected chi connectivity index (χ3v) is 4.27. The first-order valence-electron chi connectivity index (χ1n) is 8.20. The van der Waals surface area contributed by atoms with Gasteiger partial charge in [0, 0.05) is 17.3 Å². The summed E-state index contributed by atoms with van der Waals surface area (Å²) in [6.07, 6.45) is 0.655. The predicted octanol–water partition coefficient (Wildman–Crippen LogP) is 3.97. The summed E-state index contributed by atoms with van der Waals surface area (Å²) < 4.78 is 0. The van der Waals surface area contributed by atoms with Gasteiger partial charge in [0.2, 0.25) is 11.8 Å². The number of aryl methyl sites for hydroxylation is 1. The van der Waals surface area contributed by atoms with Crippen LogP contribution in [0.25, 0.3) is 0 Å². The van der Waals surface area contributed by atoms with Crippen molar-refractivity contribution in [2.75, 3.05) is 11.9 Å². The maximum absolute atomic E-state index is 12.4. The van der Waals surface area contributed by atoms with Crippen molar-refractivity contribution in [2.45, 2.75) is 27.2 Å². The largest absolute Gasteiger partial charge is 0.355 e. The summed E-state index contributed by atoms with van der Waals surface area (Å²) in [6.45, 7) is 5.65. The number of hydrogen-bond acceptors (Lipinski definition) is 2. The number of carbonyl (C=O) groups is 2. The molecule has 0 saturated heterocycles.